The average molecular weight is 284 g/mol. The van der Waals surface area contributed by atoms with Gasteiger partial charge in [-0.15, -0.1) is 12.4 Å². The number of ether oxygens (including phenoxy) is 1. The Morgan fingerprint density at radius 3 is 2.32 bits per heavy atom. The Kier molecular flexibility index (Phi) is 7.42. The van der Waals surface area contributed by atoms with Crippen LogP contribution in [0.1, 0.15) is 26.3 Å². The Hall–Kier alpha value is -1.32. The van der Waals surface area contributed by atoms with Gasteiger partial charge in [-0.05, 0) is 32.4 Å². The second kappa shape index (κ2) is 7.97. The molecule has 0 heterocycles. The van der Waals surface area contributed by atoms with Crippen LogP contribution < -0.4 is 5.32 Å². The maximum absolute atomic E-state index is 11.7. The number of halogens is 1. The Bertz CT molecular complexity index is 422. The van der Waals surface area contributed by atoms with Crippen molar-refractivity contribution in [3.05, 3.63) is 41.5 Å². The minimum absolute atomic E-state index is 0. The molecule has 3 nitrogen and oxygen atoms in total. The fraction of sp³-hybridized carbons (Fsp3) is 0.400. The first-order valence-corrected chi connectivity index (χ1v) is 6.01. The first-order valence-electron chi connectivity index (χ1n) is 6.01. The van der Waals surface area contributed by atoms with E-state index in [-0.39, 0.29) is 23.9 Å². The molecule has 0 unspecified atom stereocenters. The predicted octanol–water partition coefficient (Wildman–Crippen LogP) is 3.05. The van der Waals surface area contributed by atoms with E-state index >= 15 is 0 Å². The van der Waals surface area contributed by atoms with Crippen molar-refractivity contribution >= 4 is 24.5 Å². The fourth-order valence-corrected chi connectivity index (χ4v) is 1.42. The summed E-state index contributed by atoms with van der Waals surface area (Å²) in [5, 5.41) is 3.29. The standard InChI is InChI=1S/C15H21NO2.ClH/c1-15(2,3)16-11-13(14(17)18-4)10-12-8-6-5-7-9-12;/h5-10,16H,11H2,1-4H3;1H. The number of hydrogen-bond donors (Lipinski definition) is 1. The molecule has 1 aromatic rings. The van der Waals surface area contributed by atoms with Gasteiger partial charge in [-0.1, -0.05) is 30.3 Å². The van der Waals surface area contributed by atoms with Crippen LogP contribution in [0.15, 0.2) is 35.9 Å². The van der Waals surface area contributed by atoms with Crippen molar-refractivity contribution in [1.29, 1.82) is 0 Å². The molecule has 106 valence electrons. The summed E-state index contributed by atoms with van der Waals surface area (Å²) in [6.07, 6.45) is 1.85. The lowest BCUT2D eigenvalue weighted by Gasteiger charge is -2.21. The van der Waals surface area contributed by atoms with Crippen molar-refractivity contribution in [2.24, 2.45) is 0 Å². The van der Waals surface area contributed by atoms with E-state index in [1.807, 2.05) is 36.4 Å². The SMILES string of the molecule is COC(=O)C(=Cc1ccccc1)CNC(C)(C)C.Cl. The molecule has 0 aromatic heterocycles. The first-order chi connectivity index (χ1) is 8.42. The monoisotopic (exact) mass is 283 g/mol. The molecule has 0 spiro atoms. The molecule has 0 aliphatic heterocycles. The molecule has 1 rings (SSSR count). The van der Waals surface area contributed by atoms with Crippen LogP contribution in [0.3, 0.4) is 0 Å². The largest absolute Gasteiger partial charge is 0.466 e. The van der Waals surface area contributed by atoms with E-state index in [4.69, 9.17) is 4.74 Å². The van der Waals surface area contributed by atoms with Gasteiger partial charge < -0.3 is 10.1 Å². The van der Waals surface area contributed by atoms with Crippen LogP contribution in [0.5, 0.6) is 0 Å². The highest BCUT2D eigenvalue weighted by Gasteiger charge is 2.14. The lowest BCUT2D eigenvalue weighted by molar-refractivity contribution is -0.136. The van der Waals surface area contributed by atoms with E-state index in [1.54, 1.807) is 0 Å². The van der Waals surface area contributed by atoms with Gasteiger partial charge in [0, 0.05) is 12.1 Å². The van der Waals surface area contributed by atoms with E-state index in [2.05, 4.69) is 26.1 Å². The third kappa shape index (κ3) is 6.99. The minimum atomic E-state index is -0.296. The third-order valence-electron chi connectivity index (χ3n) is 2.40. The second-order valence-corrected chi connectivity index (χ2v) is 5.18. The number of carbonyl (C=O) groups is 1. The van der Waals surface area contributed by atoms with Crippen molar-refractivity contribution < 1.29 is 9.53 Å². The normalized spacial score (nSPS) is 11.7. The summed E-state index contributed by atoms with van der Waals surface area (Å²) in [7, 11) is 1.40. The Morgan fingerprint density at radius 2 is 1.84 bits per heavy atom. The topological polar surface area (TPSA) is 38.3 Å². The molecule has 1 N–H and O–H groups in total. The molecule has 0 aliphatic carbocycles. The number of nitrogens with one attached hydrogen (secondary N) is 1. The van der Waals surface area contributed by atoms with Crippen molar-refractivity contribution in [3.8, 4) is 0 Å². The lowest BCUT2D eigenvalue weighted by Crippen LogP contribution is -2.38. The average Bonchev–Trinajstić information content (AvgIpc) is 2.33. The molecule has 19 heavy (non-hydrogen) atoms. The summed E-state index contributed by atoms with van der Waals surface area (Å²) >= 11 is 0. The molecule has 0 amide bonds. The zero-order chi connectivity index (χ0) is 13.6. The van der Waals surface area contributed by atoms with Crippen molar-refractivity contribution in [1.82, 2.24) is 5.32 Å². The Balaban J connectivity index is 0.00000324. The molecular formula is C15H22ClNO2. The number of rotatable bonds is 4. The van der Waals surface area contributed by atoms with Gasteiger partial charge in [0.25, 0.3) is 0 Å². The molecule has 4 heteroatoms. The van der Waals surface area contributed by atoms with E-state index < -0.39 is 0 Å². The maximum Gasteiger partial charge on any atom is 0.335 e. The number of hydrogen-bond acceptors (Lipinski definition) is 3. The molecule has 0 saturated heterocycles. The second-order valence-electron chi connectivity index (χ2n) is 5.18. The quantitative estimate of drug-likeness (QED) is 0.682. The Morgan fingerprint density at radius 1 is 1.26 bits per heavy atom. The Labute approximate surface area is 121 Å². The van der Waals surface area contributed by atoms with Crippen molar-refractivity contribution in [2.45, 2.75) is 26.3 Å². The van der Waals surface area contributed by atoms with Gasteiger partial charge in [0.1, 0.15) is 0 Å². The van der Waals surface area contributed by atoms with E-state index in [1.165, 1.54) is 7.11 Å². The number of methoxy groups -OCH3 is 1. The molecule has 1 aromatic carbocycles. The van der Waals surface area contributed by atoms with Crippen LogP contribution in [-0.2, 0) is 9.53 Å². The summed E-state index contributed by atoms with van der Waals surface area (Å²) in [6, 6.07) is 9.75. The van der Waals surface area contributed by atoms with Gasteiger partial charge in [0.15, 0.2) is 0 Å². The summed E-state index contributed by atoms with van der Waals surface area (Å²) in [6.45, 7) is 6.67. The highest BCUT2D eigenvalue weighted by Crippen LogP contribution is 2.09. The minimum Gasteiger partial charge on any atom is -0.466 e. The van der Waals surface area contributed by atoms with Crippen LogP contribution >= 0.6 is 12.4 Å². The summed E-state index contributed by atoms with van der Waals surface area (Å²) in [4.78, 5) is 11.7. The molecule has 0 saturated carbocycles. The predicted molar refractivity (Wildman–Crippen MR) is 81.4 cm³/mol. The molecular weight excluding hydrogens is 262 g/mol. The lowest BCUT2D eigenvalue weighted by atomic mass is 10.1. The van der Waals surface area contributed by atoms with Gasteiger partial charge >= 0.3 is 5.97 Å². The maximum atomic E-state index is 11.7. The number of esters is 1. The van der Waals surface area contributed by atoms with Gasteiger partial charge in [-0.2, -0.15) is 0 Å². The third-order valence-corrected chi connectivity index (χ3v) is 2.40. The number of benzene rings is 1. The highest BCUT2D eigenvalue weighted by molar-refractivity contribution is 5.94. The summed E-state index contributed by atoms with van der Waals surface area (Å²) in [5.41, 5.74) is 1.58. The molecule has 0 radical (unpaired) electrons. The van der Waals surface area contributed by atoms with Crippen molar-refractivity contribution in [3.63, 3.8) is 0 Å². The van der Waals surface area contributed by atoms with Gasteiger partial charge in [-0.25, -0.2) is 4.79 Å². The zero-order valence-electron chi connectivity index (χ0n) is 11.9. The molecule has 0 fully saturated rings. The molecule has 0 bridgehead atoms. The van der Waals surface area contributed by atoms with Gasteiger partial charge in [0.05, 0.1) is 12.7 Å². The van der Waals surface area contributed by atoms with Crippen LogP contribution in [0.25, 0.3) is 6.08 Å². The van der Waals surface area contributed by atoms with Crippen molar-refractivity contribution in [2.75, 3.05) is 13.7 Å². The van der Waals surface area contributed by atoms with E-state index in [0.717, 1.165) is 5.56 Å². The van der Waals surface area contributed by atoms with Gasteiger partial charge in [0.2, 0.25) is 0 Å². The first kappa shape index (κ1) is 17.7. The number of carbonyl (C=O) groups excluding carboxylic acids is 1. The molecule has 0 aliphatic rings. The van der Waals surface area contributed by atoms with Gasteiger partial charge in [-0.3, -0.25) is 0 Å². The summed E-state index contributed by atoms with van der Waals surface area (Å²) < 4.78 is 4.80. The van der Waals surface area contributed by atoms with Crippen LogP contribution in [0, 0.1) is 0 Å². The van der Waals surface area contributed by atoms with Crippen LogP contribution in [0.4, 0.5) is 0 Å². The van der Waals surface area contributed by atoms with E-state index in [0.29, 0.717) is 12.1 Å². The zero-order valence-corrected chi connectivity index (χ0v) is 12.7. The smallest absolute Gasteiger partial charge is 0.335 e. The van der Waals surface area contributed by atoms with Crippen LogP contribution in [-0.4, -0.2) is 25.2 Å². The fourth-order valence-electron chi connectivity index (χ4n) is 1.42. The van der Waals surface area contributed by atoms with Crippen LogP contribution in [0.2, 0.25) is 0 Å². The highest BCUT2D eigenvalue weighted by atomic mass is 35.5. The van der Waals surface area contributed by atoms with E-state index in [9.17, 15) is 4.79 Å². The summed E-state index contributed by atoms with van der Waals surface area (Å²) in [5.74, 6) is -0.296. The molecule has 0 atom stereocenters.